The molecule has 1 rings (SSSR count). The smallest absolute Gasteiger partial charge is 0.296 e. The number of aromatic nitrogens is 2. The summed E-state index contributed by atoms with van der Waals surface area (Å²) in [5.74, 6) is 0. The molecule has 0 radical (unpaired) electrons. The van der Waals surface area contributed by atoms with Crippen molar-refractivity contribution in [1.82, 2.24) is 9.55 Å². The minimum Gasteiger partial charge on any atom is -0.464 e. The fraction of sp³-hybridized carbons (Fsp3) is 0.727. The molecule has 0 aromatic carbocycles. The summed E-state index contributed by atoms with van der Waals surface area (Å²) in [6.45, 7) is 7.53. The molecule has 0 bridgehead atoms. The number of aliphatic hydroxyl groups excluding tert-OH is 1. The Bertz CT molecular complexity index is 295. The zero-order chi connectivity index (χ0) is 11.3. The van der Waals surface area contributed by atoms with E-state index in [2.05, 4.69) is 11.9 Å². The summed E-state index contributed by atoms with van der Waals surface area (Å²) in [5.41, 5.74) is -0.219. The van der Waals surface area contributed by atoms with Gasteiger partial charge in [-0.15, -0.1) is 0 Å². The molecule has 0 spiro atoms. The van der Waals surface area contributed by atoms with Gasteiger partial charge in [0.05, 0.1) is 13.2 Å². The summed E-state index contributed by atoms with van der Waals surface area (Å²) in [7, 11) is 0. The molecule has 0 aliphatic carbocycles. The Kier molecular flexibility index (Phi) is 4.15. The number of hydrogen-bond acceptors (Lipinski definition) is 3. The monoisotopic (exact) mass is 212 g/mol. The Labute approximate surface area is 90.9 Å². The van der Waals surface area contributed by atoms with Gasteiger partial charge in [-0.25, -0.2) is 4.98 Å². The highest BCUT2D eigenvalue weighted by Gasteiger charge is 2.18. The normalized spacial score (nSPS) is 11.7. The summed E-state index contributed by atoms with van der Waals surface area (Å²) >= 11 is 0. The second-order valence-electron chi connectivity index (χ2n) is 4.51. The van der Waals surface area contributed by atoms with Crippen LogP contribution < -0.4 is 4.74 Å². The van der Waals surface area contributed by atoms with Crippen LogP contribution in [-0.2, 0) is 6.54 Å². The van der Waals surface area contributed by atoms with Crippen LogP contribution in [0, 0.1) is 5.41 Å². The molecule has 0 amide bonds. The first-order chi connectivity index (χ1) is 7.09. The van der Waals surface area contributed by atoms with E-state index in [4.69, 9.17) is 9.84 Å². The minimum atomic E-state index is -0.219. The molecule has 0 saturated carbocycles. The number of aliphatic hydroxyl groups is 1. The van der Waals surface area contributed by atoms with Gasteiger partial charge in [0.25, 0.3) is 6.01 Å². The number of aryl methyl sites for hydroxylation is 1. The van der Waals surface area contributed by atoms with E-state index in [1.807, 2.05) is 24.6 Å². The lowest BCUT2D eigenvalue weighted by molar-refractivity contribution is 0.0901. The number of ether oxygens (including phenoxy) is 1. The van der Waals surface area contributed by atoms with Crippen LogP contribution in [0.15, 0.2) is 12.4 Å². The van der Waals surface area contributed by atoms with Crippen LogP contribution in [-0.4, -0.2) is 27.9 Å². The predicted octanol–water partition coefficient (Wildman–Crippen LogP) is 1.69. The average molecular weight is 212 g/mol. The third kappa shape index (κ3) is 3.55. The molecule has 0 unspecified atom stereocenters. The van der Waals surface area contributed by atoms with Crippen LogP contribution in [0.2, 0.25) is 0 Å². The fourth-order valence-electron chi connectivity index (χ4n) is 1.15. The first kappa shape index (κ1) is 12.0. The van der Waals surface area contributed by atoms with Crippen molar-refractivity contribution in [3.8, 4) is 6.01 Å². The molecule has 0 atom stereocenters. The minimum absolute atomic E-state index is 0.113. The Balaban J connectivity index is 2.53. The van der Waals surface area contributed by atoms with Crippen molar-refractivity contribution in [3.63, 3.8) is 0 Å². The summed E-state index contributed by atoms with van der Waals surface area (Å²) in [6, 6.07) is 0.637. The van der Waals surface area contributed by atoms with Crippen molar-refractivity contribution < 1.29 is 9.84 Å². The molecule has 4 nitrogen and oxygen atoms in total. The maximum atomic E-state index is 9.09. The van der Waals surface area contributed by atoms with E-state index in [1.165, 1.54) is 0 Å². The lowest BCUT2D eigenvalue weighted by Gasteiger charge is -2.21. The van der Waals surface area contributed by atoms with Crippen molar-refractivity contribution >= 4 is 0 Å². The number of rotatable bonds is 6. The van der Waals surface area contributed by atoms with E-state index in [9.17, 15) is 0 Å². The van der Waals surface area contributed by atoms with E-state index in [0.717, 1.165) is 13.0 Å². The average Bonchev–Trinajstić information content (AvgIpc) is 2.64. The van der Waals surface area contributed by atoms with E-state index < -0.39 is 0 Å². The quantitative estimate of drug-likeness (QED) is 0.780. The van der Waals surface area contributed by atoms with Crippen LogP contribution in [0.1, 0.15) is 27.2 Å². The highest BCUT2D eigenvalue weighted by molar-refractivity contribution is 4.98. The third-order valence-electron chi connectivity index (χ3n) is 2.16. The van der Waals surface area contributed by atoms with Crippen LogP contribution in [0.4, 0.5) is 0 Å². The molecule has 15 heavy (non-hydrogen) atoms. The van der Waals surface area contributed by atoms with Gasteiger partial charge in [-0.3, -0.25) is 0 Å². The SMILES string of the molecule is CCCn1ccnc1OCC(C)(C)CO. The number of nitrogens with zero attached hydrogens (tertiary/aromatic N) is 2. The first-order valence-corrected chi connectivity index (χ1v) is 5.34. The molecule has 1 N–H and O–H groups in total. The van der Waals surface area contributed by atoms with Gasteiger partial charge < -0.3 is 14.4 Å². The fourth-order valence-corrected chi connectivity index (χ4v) is 1.15. The third-order valence-corrected chi connectivity index (χ3v) is 2.16. The second kappa shape index (κ2) is 5.16. The van der Waals surface area contributed by atoms with Gasteiger partial charge in [-0.05, 0) is 6.42 Å². The number of hydrogen-bond donors (Lipinski definition) is 1. The summed E-state index contributed by atoms with van der Waals surface area (Å²) in [4.78, 5) is 4.13. The summed E-state index contributed by atoms with van der Waals surface area (Å²) in [6.07, 6.45) is 4.69. The van der Waals surface area contributed by atoms with E-state index >= 15 is 0 Å². The first-order valence-electron chi connectivity index (χ1n) is 5.34. The largest absolute Gasteiger partial charge is 0.464 e. The van der Waals surface area contributed by atoms with Crippen LogP contribution >= 0.6 is 0 Å². The van der Waals surface area contributed by atoms with Crippen molar-refractivity contribution in [2.24, 2.45) is 5.41 Å². The second-order valence-corrected chi connectivity index (χ2v) is 4.51. The Morgan fingerprint density at radius 3 is 2.87 bits per heavy atom. The standard InChI is InChI=1S/C11H20N2O2/c1-4-6-13-7-5-12-10(13)15-9-11(2,3)8-14/h5,7,14H,4,6,8-9H2,1-3H3. The van der Waals surface area contributed by atoms with Crippen LogP contribution in [0.3, 0.4) is 0 Å². The Hall–Kier alpha value is -1.03. The zero-order valence-electron chi connectivity index (χ0n) is 9.73. The maximum absolute atomic E-state index is 9.09. The molecule has 86 valence electrons. The summed E-state index contributed by atoms with van der Waals surface area (Å²) in [5, 5.41) is 9.09. The molecule has 1 aromatic rings. The topological polar surface area (TPSA) is 47.3 Å². The molecule has 1 heterocycles. The molecule has 0 aliphatic rings. The van der Waals surface area contributed by atoms with Crippen LogP contribution in [0.5, 0.6) is 6.01 Å². The Morgan fingerprint density at radius 1 is 1.53 bits per heavy atom. The van der Waals surface area contributed by atoms with E-state index in [-0.39, 0.29) is 12.0 Å². The van der Waals surface area contributed by atoms with Gasteiger partial charge in [-0.1, -0.05) is 20.8 Å². The Morgan fingerprint density at radius 2 is 2.27 bits per heavy atom. The zero-order valence-corrected chi connectivity index (χ0v) is 9.73. The highest BCUT2D eigenvalue weighted by atomic mass is 16.5. The molecule has 0 fully saturated rings. The maximum Gasteiger partial charge on any atom is 0.296 e. The van der Waals surface area contributed by atoms with Crippen molar-refractivity contribution in [1.29, 1.82) is 0 Å². The van der Waals surface area contributed by atoms with Gasteiger partial charge in [0.15, 0.2) is 0 Å². The highest BCUT2D eigenvalue weighted by Crippen LogP contribution is 2.16. The van der Waals surface area contributed by atoms with Gasteiger partial charge in [-0.2, -0.15) is 0 Å². The molecular weight excluding hydrogens is 192 g/mol. The molecule has 0 saturated heterocycles. The van der Waals surface area contributed by atoms with E-state index in [0.29, 0.717) is 12.6 Å². The predicted molar refractivity (Wildman–Crippen MR) is 58.9 cm³/mol. The molecule has 0 aliphatic heterocycles. The van der Waals surface area contributed by atoms with Crippen LogP contribution in [0.25, 0.3) is 0 Å². The molecule has 1 aromatic heterocycles. The van der Waals surface area contributed by atoms with Gasteiger partial charge >= 0.3 is 0 Å². The van der Waals surface area contributed by atoms with Crippen molar-refractivity contribution in [2.45, 2.75) is 33.7 Å². The van der Waals surface area contributed by atoms with Gasteiger partial charge in [0.1, 0.15) is 0 Å². The summed E-state index contributed by atoms with van der Waals surface area (Å²) < 4.78 is 7.56. The van der Waals surface area contributed by atoms with E-state index in [1.54, 1.807) is 6.20 Å². The lowest BCUT2D eigenvalue weighted by Crippen LogP contribution is -2.26. The van der Waals surface area contributed by atoms with Crippen molar-refractivity contribution in [3.05, 3.63) is 12.4 Å². The van der Waals surface area contributed by atoms with Gasteiger partial charge in [0, 0.05) is 24.4 Å². The lowest BCUT2D eigenvalue weighted by atomic mass is 9.97. The molecule has 4 heteroatoms. The van der Waals surface area contributed by atoms with Gasteiger partial charge in [0.2, 0.25) is 0 Å². The van der Waals surface area contributed by atoms with Crippen molar-refractivity contribution in [2.75, 3.05) is 13.2 Å². The molecular formula is C11H20N2O2. The number of imidazole rings is 1.